The predicted octanol–water partition coefficient (Wildman–Crippen LogP) is 0.794. The molecule has 0 bridgehead atoms. The molecule has 0 aliphatic carbocycles. The van der Waals surface area contributed by atoms with Gasteiger partial charge in [0.05, 0.1) is 13.2 Å². The average molecular weight is 320 g/mol. The third-order valence-electron chi connectivity index (χ3n) is 4.43. The summed E-state index contributed by atoms with van der Waals surface area (Å²) in [6, 6.07) is 9.51. The van der Waals surface area contributed by atoms with Gasteiger partial charge < -0.3 is 19.5 Å². The van der Waals surface area contributed by atoms with Crippen molar-refractivity contribution in [3.8, 4) is 0 Å². The lowest BCUT2D eigenvalue weighted by molar-refractivity contribution is -0.190. The molecule has 2 fully saturated rings. The molecule has 1 aromatic rings. The van der Waals surface area contributed by atoms with E-state index in [4.69, 9.17) is 9.47 Å². The molecule has 23 heavy (non-hydrogen) atoms. The number of carbonyl (C=O) groups is 2. The van der Waals surface area contributed by atoms with E-state index >= 15 is 0 Å². The molecule has 2 aliphatic heterocycles. The fourth-order valence-electron chi connectivity index (χ4n) is 2.86. The third-order valence-corrected chi connectivity index (χ3v) is 4.43. The number of benzene rings is 1. The number of carboxylic acid groups (broad SMARTS) is 1. The lowest BCUT2D eigenvalue weighted by Gasteiger charge is -2.48. The van der Waals surface area contributed by atoms with Crippen LogP contribution in [0.5, 0.6) is 0 Å². The van der Waals surface area contributed by atoms with Crippen molar-refractivity contribution in [3.05, 3.63) is 35.9 Å². The number of amides is 1. The van der Waals surface area contributed by atoms with Crippen molar-refractivity contribution in [3.63, 3.8) is 0 Å². The fraction of sp³-hybridized carbons (Fsp3) is 0.500. The topological polar surface area (TPSA) is 79.3 Å². The Kier molecular flexibility index (Phi) is 4.49. The highest BCUT2D eigenvalue weighted by molar-refractivity contribution is 5.80. The molecule has 0 radical (unpaired) electrons. The second-order valence-corrected chi connectivity index (χ2v) is 5.84. The van der Waals surface area contributed by atoms with Crippen molar-refractivity contribution in [2.24, 2.45) is 0 Å². The first kappa shape index (κ1) is 15.8. The van der Waals surface area contributed by atoms with Crippen molar-refractivity contribution in [1.82, 2.24) is 9.80 Å². The van der Waals surface area contributed by atoms with Crippen LogP contribution in [0.25, 0.3) is 0 Å². The Morgan fingerprint density at radius 2 is 1.78 bits per heavy atom. The fourth-order valence-corrected chi connectivity index (χ4v) is 2.86. The van der Waals surface area contributed by atoms with Crippen LogP contribution in [-0.4, -0.2) is 71.9 Å². The smallest absolute Gasteiger partial charge is 0.410 e. The van der Waals surface area contributed by atoms with Gasteiger partial charge in [-0.2, -0.15) is 0 Å². The highest BCUT2D eigenvalue weighted by atomic mass is 16.6. The quantitative estimate of drug-likeness (QED) is 0.884. The van der Waals surface area contributed by atoms with Crippen LogP contribution in [0.1, 0.15) is 5.56 Å². The molecule has 124 valence electrons. The van der Waals surface area contributed by atoms with Gasteiger partial charge in [-0.25, -0.2) is 4.79 Å². The highest BCUT2D eigenvalue weighted by Crippen LogP contribution is 2.27. The first-order valence-electron chi connectivity index (χ1n) is 7.64. The normalized spacial score (nSPS) is 20.6. The van der Waals surface area contributed by atoms with Gasteiger partial charge in [-0.05, 0) is 5.56 Å². The third kappa shape index (κ3) is 3.16. The van der Waals surface area contributed by atoms with Gasteiger partial charge in [0.1, 0.15) is 6.61 Å². The van der Waals surface area contributed by atoms with Crippen LogP contribution in [0.3, 0.4) is 0 Å². The zero-order chi connectivity index (χ0) is 16.3. The lowest BCUT2D eigenvalue weighted by Crippen LogP contribution is -2.70. The Morgan fingerprint density at radius 3 is 2.30 bits per heavy atom. The van der Waals surface area contributed by atoms with E-state index < -0.39 is 11.5 Å². The molecule has 0 aromatic heterocycles. The molecule has 1 aromatic carbocycles. The summed E-state index contributed by atoms with van der Waals surface area (Å²) >= 11 is 0. The maximum atomic E-state index is 12.1. The van der Waals surface area contributed by atoms with Gasteiger partial charge in [0.25, 0.3) is 0 Å². The molecule has 0 atom stereocenters. The van der Waals surface area contributed by atoms with Gasteiger partial charge in [-0.1, -0.05) is 30.3 Å². The standard InChI is InChI=1S/C16H20N2O5/c19-14(20)16(11-22-12-16)18-8-6-17(7-9-18)15(21)23-10-13-4-2-1-3-5-13/h1-5H,6-12H2,(H,19,20). The predicted molar refractivity (Wildman–Crippen MR) is 81.0 cm³/mol. The monoisotopic (exact) mass is 320 g/mol. The van der Waals surface area contributed by atoms with Gasteiger partial charge in [0, 0.05) is 26.2 Å². The minimum absolute atomic E-state index is 0.209. The molecule has 1 amide bonds. The first-order valence-corrected chi connectivity index (χ1v) is 7.64. The molecule has 7 heteroatoms. The number of hydrogen-bond donors (Lipinski definition) is 1. The number of rotatable bonds is 4. The molecule has 2 aliphatic rings. The van der Waals surface area contributed by atoms with Crippen molar-refractivity contribution >= 4 is 12.1 Å². The van der Waals surface area contributed by atoms with E-state index in [1.807, 2.05) is 35.2 Å². The molecule has 2 heterocycles. The number of nitrogens with zero attached hydrogens (tertiary/aromatic N) is 2. The van der Waals surface area contributed by atoms with E-state index in [0.717, 1.165) is 5.56 Å². The molecule has 7 nitrogen and oxygen atoms in total. The Labute approximate surface area is 134 Å². The summed E-state index contributed by atoms with van der Waals surface area (Å²) in [7, 11) is 0. The zero-order valence-corrected chi connectivity index (χ0v) is 12.8. The van der Waals surface area contributed by atoms with E-state index in [2.05, 4.69) is 0 Å². The Hall–Kier alpha value is -2.12. The van der Waals surface area contributed by atoms with Crippen molar-refractivity contribution < 1.29 is 24.2 Å². The number of ether oxygens (including phenoxy) is 2. The molecule has 2 saturated heterocycles. The van der Waals surface area contributed by atoms with Gasteiger partial charge in [0.15, 0.2) is 5.54 Å². The zero-order valence-electron chi connectivity index (χ0n) is 12.8. The van der Waals surface area contributed by atoms with Gasteiger partial charge in [-0.15, -0.1) is 0 Å². The largest absolute Gasteiger partial charge is 0.480 e. The number of carbonyl (C=O) groups excluding carboxylic acids is 1. The Bertz CT molecular complexity index is 565. The average Bonchev–Trinajstić information content (AvgIpc) is 2.53. The summed E-state index contributed by atoms with van der Waals surface area (Å²) in [5.74, 6) is -0.858. The van der Waals surface area contributed by atoms with Crippen LogP contribution in [0, 0.1) is 0 Å². The maximum Gasteiger partial charge on any atom is 0.410 e. The molecular formula is C16H20N2O5. The van der Waals surface area contributed by atoms with Crippen LogP contribution in [-0.2, 0) is 20.9 Å². The SMILES string of the molecule is O=C(OCc1ccccc1)N1CCN(C2(C(=O)O)COC2)CC1. The van der Waals surface area contributed by atoms with E-state index in [9.17, 15) is 14.7 Å². The molecule has 0 spiro atoms. The van der Waals surface area contributed by atoms with Gasteiger partial charge in [0.2, 0.25) is 0 Å². The van der Waals surface area contributed by atoms with E-state index in [1.54, 1.807) is 4.90 Å². The van der Waals surface area contributed by atoms with Crippen molar-refractivity contribution in [1.29, 1.82) is 0 Å². The Balaban J connectivity index is 1.49. The van der Waals surface area contributed by atoms with Crippen molar-refractivity contribution in [2.75, 3.05) is 39.4 Å². The molecule has 3 rings (SSSR count). The molecule has 0 unspecified atom stereocenters. The van der Waals surface area contributed by atoms with Crippen molar-refractivity contribution in [2.45, 2.75) is 12.1 Å². The Morgan fingerprint density at radius 1 is 1.13 bits per heavy atom. The van der Waals surface area contributed by atoms with E-state index in [0.29, 0.717) is 26.2 Å². The number of hydrogen-bond acceptors (Lipinski definition) is 5. The number of carboxylic acids is 1. The maximum absolute atomic E-state index is 12.1. The minimum atomic E-state index is -0.917. The second kappa shape index (κ2) is 6.55. The summed E-state index contributed by atoms with van der Waals surface area (Å²) in [6.07, 6.45) is -0.359. The summed E-state index contributed by atoms with van der Waals surface area (Å²) in [5.41, 5.74) is 0.0240. The molecule has 0 saturated carbocycles. The highest BCUT2D eigenvalue weighted by Gasteiger charge is 2.52. The number of piperazine rings is 1. The van der Waals surface area contributed by atoms with Crippen LogP contribution in [0.15, 0.2) is 30.3 Å². The summed E-state index contributed by atoms with van der Waals surface area (Å²) in [6.45, 7) is 2.60. The second-order valence-electron chi connectivity index (χ2n) is 5.84. The number of aliphatic carboxylic acids is 1. The summed E-state index contributed by atoms with van der Waals surface area (Å²) < 4.78 is 10.4. The van der Waals surface area contributed by atoms with Gasteiger partial charge in [-0.3, -0.25) is 9.69 Å². The summed E-state index contributed by atoms with van der Waals surface area (Å²) in [4.78, 5) is 27.0. The van der Waals surface area contributed by atoms with E-state index in [-0.39, 0.29) is 25.9 Å². The van der Waals surface area contributed by atoms with Gasteiger partial charge >= 0.3 is 12.1 Å². The lowest BCUT2D eigenvalue weighted by atomic mass is 9.94. The first-order chi connectivity index (χ1) is 11.1. The molecule has 1 N–H and O–H groups in total. The van der Waals surface area contributed by atoms with Crippen LogP contribution >= 0.6 is 0 Å². The minimum Gasteiger partial charge on any atom is -0.480 e. The van der Waals surface area contributed by atoms with Crippen LogP contribution in [0.2, 0.25) is 0 Å². The van der Waals surface area contributed by atoms with Crippen LogP contribution in [0.4, 0.5) is 4.79 Å². The molecular weight excluding hydrogens is 300 g/mol. The van der Waals surface area contributed by atoms with Crippen LogP contribution < -0.4 is 0 Å². The summed E-state index contributed by atoms with van der Waals surface area (Å²) in [5, 5.41) is 9.39. The van der Waals surface area contributed by atoms with E-state index in [1.165, 1.54) is 0 Å².